The summed E-state index contributed by atoms with van der Waals surface area (Å²) in [5, 5.41) is 4.27. The van der Waals surface area contributed by atoms with Crippen LogP contribution >= 0.6 is 27.5 Å². The maximum absolute atomic E-state index is 6.38. The third-order valence-electron chi connectivity index (χ3n) is 3.83. The van der Waals surface area contributed by atoms with E-state index in [1.165, 1.54) is 11.1 Å². The molecule has 1 saturated heterocycles. The van der Waals surface area contributed by atoms with Gasteiger partial charge in [0, 0.05) is 28.0 Å². The summed E-state index contributed by atoms with van der Waals surface area (Å²) in [5.41, 5.74) is 2.76. The van der Waals surface area contributed by atoms with Crippen LogP contribution in [-0.2, 0) is 11.8 Å². The first-order valence-corrected chi connectivity index (χ1v) is 7.57. The lowest BCUT2D eigenvalue weighted by molar-refractivity contribution is 0.275. The van der Waals surface area contributed by atoms with E-state index in [1.54, 1.807) is 0 Å². The first-order valence-electron chi connectivity index (χ1n) is 6.40. The molecule has 0 saturated carbocycles. The molecule has 1 N–H and O–H groups in total. The molecular weight excluding hydrogens is 322 g/mol. The van der Waals surface area contributed by atoms with Crippen molar-refractivity contribution in [3.63, 3.8) is 0 Å². The summed E-state index contributed by atoms with van der Waals surface area (Å²) in [7, 11) is 0. The zero-order valence-electron chi connectivity index (χ0n) is 10.5. The van der Waals surface area contributed by atoms with E-state index in [4.69, 9.17) is 11.6 Å². The van der Waals surface area contributed by atoms with Crippen LogP contribution in [0.2, 0.25) is 5.02 Å². The quantitative estimate of drug-likeness (QED) is 0.886. The molecule has 3 rings (SSSR count). The van der Waals surface area contributed by atoms with Gasteiger partial charge in [-0.05, 0) is 35.7 Å². The number of nitrogens with one attached hydrogen (secondary N) is 1. The Labute approximate surface area is 127 Å². The maximum atomic E-state index is 6.38. The van der Waals surface area contributed by atoms with Gasteiger partial charge >= 0.3 is 0 Å². The highest BCUT2D eigenvalue weighted by Gasteiger charge is 2.39. The van der Waals surface area contributed by atoms with Gasteiger partial charge in [0.25, 0.3) is 0 Å². The van der Waals surface area contributed by atoms with Gasteiger partial charge in [-0.2, -0.15) is 0 Å². The van der Waals surface area contributed by atoms with Crippen molar-refractivity contribution in [2.45, 2.75) is 11.8 Å². The highest BCUT2D eigenvalue weighted by Crippen LogP contribution is 2.36. The first-order chi connectivity index (χ1) is 9.20. The maximum Gasteiger partial charge on any atom is 0.0444 e. The number of rotatable bonds is 3. The molecule has 1 fully saturated rings. The van der Waals surface area contributed by atoms with Crippen LogP contribution in [0.15, 0.2) is 53.0 Å². The van der Waals surface area contributed by atoms with Crippen LogP contribution in [0.4, 0.5) is 0 Å². The molecule has 0 unspecified atom stereocenters. The van der Waals surface area contributed by atoms with Crippen LogP contribution in [0.25, 0.3) is 0 Å². The van der Waals surface area contributed by atoms with Crippen LogP contribution in [0, 0.1) is 0 Å². The highest BCUT2D eigenvalue weighted by atomic mass is 79.9. The highest BCUT2D eigenvalue weighted by molar-refractivity contribution is 9.10. The molecular formula is C16H15BrClN. The van der Waals surface area contributed by atoms with Crippen molar-refractivity contribution in [3.8, 4) is 0 Å². The Morgan fingerprint density at radius 1 is 1.05 bits per heavy atom. The Bertz CT molecular complexity index is 576. The minimum atomic E-state index is 0.145. The van der Waals surface area contributed by atoms with E-state index in [2.05, 4.69) is 57.6 Å². The van der Waals surface area contributed by atoms with Crippen molar-refractivity contribution < 1.29 is 0 Å². The molecule has 0 spiro atoms. The first kappa shape index (κ1) is 13.2. The summed E-state index contributed by atoms with van der Waals surface area (Å²) in [6.07, 6.45) is 1.02. The van der Waals surface area contributed by atoms with Gasteiger partial charge in [-0.25, -0.2) is 0 Å². The molecule has 1 nitrogen and oxygen atoms in total. The van der Waals surface area contributed by atoms with Crippen LogP contribution < -0.4 is 5.32 Å². The van der Waals surface area contributed by atoms with E-state index in [1.807, 2.05) is 12.1 Å². The predicted molar refractivity (Wildman–Crippen MR) is 83.8 cm³/mol. The van der Waals surface area contributed by atoms with E-state index in [9.17, 15) is 0 Å². The molecule has 2 aromatic rings. The van der Waals surface area contributed by atoms with Gasteiger partial charge in [-0.3, -0.25) is 0 Å². The average Bonchev–Trinajstić information content (AvgIpc) is 2.37. The Kier molecular flexibility index (Phi) is 3.66. The van der Waals surface area contributed by atoms with Crippen LogP contribution in [0.3, 0.4) is 0 Å². The predicted octanol–water partition coefficient (Wildman–Crippen LogP) is 4.19. The SMILES string of the molecule is Clc1ccccc1C1(Cc2ccc(Br)cc2)CNC1. The van der Waals surface area contributed by atoms with Crippen molar-refractivity contribution in [1.82, 2.24) is 5.32 Å². The van der Waals surface area contributed by atoms with E-state index < -0.39 is 0 Å². The normalized spacial score (nSPS) is 16.9. The molecule has 0 aliphatic carbocycles. The molecule has 2 aromatic carbocycles. The minimum Gasteiger partial charge on any atom is -0.315 e. The second-order valence-corrected chi connectivity index (χ2v) is 6.49. The summed E-state index contributed by atoms with van der Waals surface area (Å²) >= 11 is 9.86. The van der Waals surface area contributed by atoms with E-state index in [0.29, 0.717) is 0 Å². The number of benzene rings is 2. The van der Waals surface area contributed by atoms with Crippen molar-refractivity contribution in [2.24, 2.45) is 0 Å². The van der Waals surface area contributed by atoms with Crippen molar-refractivity contribution in [1.29, 1.82) is 0 Å². The molecule has 0 amide bonds. The number of hydrogen-bond acceptors (Lipinski definition) is 1. The Morgan fingerprint density at radius 3 is 2.32 bits per heavy atom. The fourth-order valence-electron chi connectivity index (χ4n) is 2.72. The molecule has 19 heavy (non-hydrogen) atoms. The monoisotopic (exact) mass is 335 g/mol. The molecule has 1 heterocycles. The van der Waals surface area contributed by atoms with Crippen LogP contribution in [-0.4, -0.2) is 13.1 Å². The molecule has 1 aliphatic rings. The number of hydrogen-bond donors (Lipinski definition) is 1. The zero-order valence-corrected chi connectivity index (χ0v) is 12.8. The van der Waals surface area contributed by atoms with Crippen molar-refractivity contribution >= 4 is 27.5 Å². The summed E-state index contributed by atoms with van der Waals surface area (Å²) in [5.74, 6) is 0. The molecule has 98 valence electrons. The smallest absolute Gasteiger partial charge is 0.0444 e. The van der Waals surface area contributed by atoms with Gasteiger partial charge in [-0.15, -0.1) is 0 Å². The standard InChI is InChI=1S/C16H15BrClN/c17-13-7-5-12(6-8-13)9-16(10-19-11-16)14-3-1-2-4-15(14)18/h1-8,19H,9-11H2. The summed E-state index contributed by atoms with van der Waals surface area (Å²) in [4.78, 5) is 0. The molecule has 0 bridgehead atoms. The van der Waals surface area contributed by atoms with Gasteiger partial charge in [0.15, 0.2) is 0 Å². The molecule has 0 radical (unpaired) electrons. The third-order valence-corrected chi connectivity index (χ3v) is 4.69. The Balaban J connectivity index is 1.92. The topological polar surface area (TPSA) is 12.0 Å². The zero-order chi connectivity index (χ0) is 13.3. The van der Waals surface area contributed by atoms with Crippen LogP contribution in [0.5, 0.6) is 0 Å². The fraction of sp³-hybridized carbons (Fsp3) is 0.250. The molecule has 1 aliphatic heterocycles. The van der Waals surface area contributed by atoms with Gasteiger partial charge in [-0.1, -0.05) is 57.9 Å². The lowest BCUT2D eigenvalue weighted by Crippen LogP contribution is -2.58. The molecule has 0 aromatic heterocycles. The van der Waals surface area contributed by atoms with E-state index in [0.717, 1.165) is 29.0 Å². The lowest BCUT2D eigenvalue weighted by atomic mass is 9.71. The summed E-state index contributed by atoms with van der Waals surface area (Å²) < 4.78 is 1.12. The average molecular weight is 337 g/mol. The minimum absolute atomic E-state index is 0.145. The fourth-order valence-corrected chi connectivity index (χ4v) is 3.32. The Hall–Kier alpha value is -0.830. The largest absolute Gasteiger partial charge is 0.315 e. The van der Waals surface area contributed by atoms with E-state index in [-0.39, 0.29) is 5.41 Å². The van der Waals surface area contributed by atoms with Gasteiger partial charge in [0.1, 0.15) is 0 Å². The second-order valence-electron chi connectivity index (χ2n) is 5.17. The van der Waals surface area contributed by atoms with Gasteiger partial charge in [0.05, 0.1) is 0 Å². The Morgan fingerprint density at radius 2 is 1.74 bits per heavy atom. The van der Waals surface area contributed by atoms with Crippen LogP contribution in [0.1, 0.15) is 11.1 Å². The number of halogens is 2. The second kappa shape index (κ2) is 5.28. The third kappa shape index (κ3) is 2.58. The van der Waals surface area contributed by atoms with Gasteiger partial charge < -0.3 is 5.32 Å². The van der Waals surface area contributed by atoms with Crippen molar-refractivity contribution in [2.75, 3.05) is 13.1 Å². The summed E-state index contributed by atoms with van der Waals surface area (Å²) in [6, 6.07) is 16.8. The lowest BCUT2D eigenvalue weighted by Gasteiger charge is -2.44. The van der Waals surface area contributed by atoms with Crippen molar-refractivity contribution in [3.05, 3.63) is 69.2 Å². The summed E-state index contributed by atoms with van der Waals surface area (Å²) in [6.45, 7) is 1.99. The molecule has 0 atom stereocenters. The molecule has 3 heteroatoms. The van der Waals surface area contributed by atoms with Gasteiger partial charge in [0.2, 0.25) is 0 Å². The van der Waals surface area contributed by atoms with E-state index >= 15 is 0 Å².